The van der Waals surface area contributed by atoms with Crippen LogP contribution in [0.2, 0.25) is 0 Å². The van der Waals surface area contributed by atoms with Gasteiger partial charge in [0.05, 0.1) is 0 Å². The minimum Gasteiger partial charge on any atom is -0.422 e. The minimum absolute atomic E-state index is 0.478. The van der Waals surface area contributed by atoms with Gasteiger partial charge in [0, 0.05) is 5.92 Å². The van der Waals surface area contributed by atoms with Crippen molar-refractivity contribution in [3.8, 4) is 0 Å². The lowest BCUT2D eigenvalue weighted by Crippen LogP contribution is -1.87. The third-order valence-corrected chi connectivity index (χ3v) is 2.22. The van der Waals surface area contributed by atoms with Crippen LogP contribution >= 0.6 is 0 Å². The van der Waals surface area contributed by atoms with Crippen molar-refractivity contribution in [2.75, 3.05) is 5.73 Å². The van der Waals surface area contributed by atoms with Crippen LogP contribution in [0, 0.1) is 0 Å². The van der Waals surface area contributed by atoms with Gasteiger partial charge in [0.25, 0.3) is 0 Å². The van der Waals surface area contributed by atoms with E-state index in [1.165, 1.54) is 12.8 Å². The van der Waals surface area contributed by atoms with Crippen molar-refractivity contribution in [2.45, 2.75) is 18.8 Å². The highest BCUT2D eigenvalue weighted by atomic mass is 16.4. The van der Waals surface area contributed by atoms with E-state index in [0.717, 1.165) is 11.4 Å². The fraction of sp³-hybridized carbons (Fsp3) is 0.333. The number of oxazole rings is 1. The molecule has 1 aliphatic carbocycles. The van der Waals surface area contributed by atoms with Gasteiger partial charge in [0.1, 0.15) is 11.3 Å². The molecule has 2 aromatic heterocycles. The summed E-state index contributed by atoms with van der Waals surface area (Å²) in [6.45, 7) is 0. The topological polar surface area (TPSA) is 64.9 Å². The highest BCUT2D eigenvalue weighted by Crippen LogP contribution is 2.40. The SMILES string of the molecule is Nc1ccc2nc(C3CC3)oc2n1. The van der Waals surface area contributed by atoms with Crippen molar-refractivity contribution in [1.82, 2.24) is 9.97 Å². The maximum absolute atomic E-state index is 5.53. The first-order valence-electron chi connectivity index (χ1n) is 4.36. The van der Waals surface area contributed by atoms with E-state index in [-0.39, 0.29) is 0 Å². The third kappa shape index (κ3) is 1.06. The Bertz CT molecular complexity index is 459. The molecule has 2 heterocycles. The monoisotopic (exact) mass is 175 g/mol. The predicted molar refractivity (Wildman–Crippen MR) is 48.2 cm³/mol. The predicted octanol–water partition coefficient (Wildman–Crippen LogP) is 1.68. The molecular weight excluding hydrogens is 166 g/mol. The molecule has 0 bridgehead atoms. The van der Waals surface area contributed by atoms with Crippen LogP contribution in [0.15, 0.2) is 16.5 Å². The summed E-state index contributed by atoms with van der Waals surface area (Å²) in [6, 6.07) is 3.58. The van der Waals surface area contributed by atoms with Crippen molar-refractivity contribution in [3.05, 3.63) is 18.0 Å². The van der Waals surface area contributed by atoms with Crippen LogP contribution in [0.25, 0.3) is 11.2 Å². The summed E-state index contributed by atoms with van der Waals surface area (Å²) in [5.74, 6) is 1.81. The maximum Gasteiger partial charge on any atom is 0.248 e. The van der Waals surface area contributed by atoms with Gasteiger partial charge in [-0.3, -0.25) is 0 Å². The number of nitrogens with zero attached hydrogens (tertiary/aromatic N) is 2. The van der Waals surface area contributed by atoms with Crippen molar-refractivity contribution >= 4 is 17.0 Å². The zero-order valence-corrected chi connectivity index (χ0v) is 7.03. The summed E-state index contributed by atoms with van der Waals surface area (Å²) in [6.07, 6.45) is 2.37. The summed E-state index contributed by atoms with van der Waals surface area (Å²) < 4.78 is 5.47. The minimum atomic E-state index is 0.478. The molecule has 1 saturated carbocycles. The largest absolute Gasteiger partial charge is 0.422 e. The second-order valence-electron chi connectivity index (χ2n) is 3.39. The molecule has 1 fully saturated rings. The lowest BCUT2D eigenvalue weighted by molar-refractivity contribution is 0.525. The van der Waals surface area contributed by atoms with Gasteiger partial charge in [0.2, 0.25) is 11.6 Å². The molecule has 0 saturated heterocycles. The average Bonchev–Trinajstić information content (AvgIpc) is 2.87. The van der Waals surface area contributed by atoms with Crippen LogP contribution in [-0.2, 0) is 0 Å². The molecule has 0 aromatic carbocycles. The van der Waals surface area contributed by atoms with E-state index in [4.69, 9.17) is 10.2 Å². The van der Waals surface area contributed by atoms with Crippen LogP contribution in [-0.4, -0.2) is 9.97 Å². The molecule has 0 aliphatic heterocycles. The third-order valence-electron chi connectivity index (χ3n) is 2.22. The fourth-order valence-corrected chi connectivity index (χ4v) is 1.35. The number of hydrogen-bond donors (Lipinski definition) is 1. The first kappa shape index (κ1) is 6.88. The normalized spacial score (nSPS) is 16.6. The zero-order chi connectivity index (χ0) is 8.84. The fourth-order valence-electron chi connectivity index (χ4n) is 1.35. The zero-order valence-electron chi connectivity index (χ0n) is 7.03. The Kier molecular flexibility index (Phi) is 1.17. The summed E-state index contributed by atoms with van der Waals surface area (Å²) in [5.41, 5.74) is 6.89. The number of rotatable bonds is 1. The van der Waals surface area contributed by atoms with E-state index in [1.807, 2.05) is 6.07 Å². The van der Waals surface area contributed by atoms with Gasteiger partial charge in [-0.2, -0.15) is 4.98 Å². The number of hydrogen-bond acceptors (Lipinski definition) is 4. The summed E-state index contributed by atoms with van der Waals surface area (Å²) in [7, 11) is 0. The van der Waals surface area contributed by atoms with Crippen LogP contribution in [0.1, 0.15) is 24.7 Å². The molecule has 1 aliphatic rings. The summed E-state index contributed by atoms with van der Waals surface area (Å²) in [5, 5.41) is 0. The van der Waals surface area contributed by atoms with Gasteiger partial charge in [-0.05, 0) is 25.0 Å². The number of nitrogens with two attached hydrogens (primary N) is 1. The molecule has 0 radical (unpaired) electrons. The summed E-state index contributed by atoms with van der Waals surface area (Å²) in [4.78, 5) is 8.39. The molecule has 0 amide bonds. The number of fused-ring (bicyclic) bond motifs is 1. The molecule has 4 heteroatoms. The van der Waals surface area contributed by atoms with Gasteiger partial charge in [-0.1, -0.05) is 0 Å². The molecule has 0 atom stereocenters. The molecular formula is C9H9N3O. The Labute approximate surface area is 74.8 Å². The first-order chi connectivity index (χ1) is 6.33. The first-order valence-corrected chi connectivity index (χ1v) is 4.36. The van der Waals surface area contributed by atoms with E-state index in [1.54, 1.807) is 6.07 Å². The lowest BCUT2D eigenvalue weighted by atomic mass is 10.4. The molecule has 2 N–H and O–H groups in total. The Morgan fingerprint density at radius 1 is 1.31 bits per heavy atom. The highest BCUT2D eigenvalue weighted by Gasteiger charge is 2.29. The number of anilines is 1. The Morgan fingerprint density at radius 2 is 2.15 bits per heavy atom. The van der Waals surface area contributed by atoms with Crippen LogP contribution < -0.4 is 5.73 Å². The van der Waals surface area contributed by atoms with Crippen LogP contribution in [0.4, 0.5) is 5.82 Å². The van der Waals surface area contributed by atoms with Gasteiger partial charge >= 0.3 is 0 Å². The molecule has 0 unspecified atom stereocenters. The highest BCUT2D eigenvalue weighted by molar-refractivity contribution is 5.70. The standard InChI is InChI=1S/C9H9N3O/c10-7-4-3-6-9(12-7)13-8(11-6)5-1-2-5/h3-5H,1-2H2,(H2,10,12). The van der Waals surface area contributed by atoms with Crippen molar-refractivity contribution in [1.29, 1.82) is 0 Å². The Balaban J connectivity index is 2.20. The maximum atomic E-state index is 5.53. The number of nitrogen functional groups attached to an aromatic ring is 1. The second-order valence-corrected chi connectivity index (χ2v) is 3.39. The van der Waals surface area contributed by atoms with E-state index in [9.17, 15) is 0 Å². The van der Waals surface area contributed by atoms with E-state index in [0.29, 0.717) is 17.4 Å². The quantitative estimate of drug-likeness (QED) is 0.716. The van der Waals surface area contributed by atoms with Crippen molar-refractivity contribution < 1.29 is 4.42 Å². The Hall–Kier alpha value is -1.58. The van der Waals surface area contributed by atoms with E-state index < -0.39 is 0 Å². The van der Waals surface area contributed by atoms with E-state index in [2.05, 4.69) is 9.97 Å². The van der Waals surface area contributed by atoms with Gasteiger partial charge in [-0.15, -0.1) is 0 Å². The molecule has 0 spiro atoms. The van der Waals surface area contributed by atoms with E-state index >= 15 is 0 Å². The molecule has 13 heavy (non-hydrogen) atoms. The van der Waals surface area contributed by atoms with Crippen LogP contribution in [0.5, 0.6) is 0 Å². The lowest BCUT2D eigenvalue weighted by Gasteiger charge is -1.87. The summed E-state index contributed by atoms with van der Waals surface area (Å²) >= 11 is 0. The molecule has 66 valence electrons. The number of pyridine rings is 1. The van der Waals surface area contributed by atoms with Crippen molar-refractivity contribution in [2.24, 2.45) is 0 Å². The molecule has 2 aromatic rings. The van der Waals surface area contributed by atoms with Gasteiger partial charge in [-0.25, -0.2) is 4.98 Å². The van der Waals surface area contributed by atoms with Crippen LogP contribution in [0.3, 0.4) is 0 Å². The van der Waals surface area contributed by atoms with Gasteiger partial charge in [0.15, 0.2) is 0 Å². The molecule has 4 nitrogen and oxygen atoms in total. The second kappa shape index (κ2) is 2.22. The molecule has 3 rings (SSSR count). The number of aromatic nitrogens is 2. The van der Waals surface area contributed by atoms with Gasteiger partial charge < -0.3 is 10.2 Å². The van der Waals surface area contributed by atoms with Crippen molar-refractivity contribution in [3.63, 3.8) is 0 Å². The average molecular weight is 175 g/mol. The Morgan fingerprint density at radius 3 is 2.92 bits per heavy atom. The smallest absolute Gasteiger partial charge is 0.248 e.